The van der Waals surface area contributed by atoms with E-state index in [-0.39, 0.29) is 6.10 Å². The van der Waals surface area contributed by atoms with Crippen molar-refractivity contribution in [2.45, 2.75) is 33.8 Å². The lowest BCUT2D eigenvalue weighted by molar-refractivity contribution is 0.155. The lowest BCUT2D eigenvalue weighted by Gasteiger charge is -2.18. The van der Waals surface area contributed by atoms with Crippen molar-refractivity contribution in [3.8, 4) is 0 Å². The number of hydrogen-bond acceptors (Lipinski definition) is 2. The van der Waals surface area contributed by atoms with E-state index in [1.54, 1.807) is 0 Å². The van der Waals surface area contributed by atoms with Gasteiger partial charge < -0.3 is 10.1 Å². The van der Waals surface area contributed by atoms with E-state index >= 15 is 0 Å². The topological polar surface area (TPSA) is 21.3 Å². The SMILES string of the molecule is CCNC(=S)OC(C)C(C)C. The van der Waals surface area contributed by atoms with Gasteiger partial charge in [0, 0.05) is 6.54 Å². The van der Waals surface area contributed by atoms with Crippen molar-refractivity contribution < 1.29 is 4.74 Å². The molecule has 2 nitrogen and oxygen atoms in total. The summed E-state index contributed by atoms with van der Waals surface area (Å²) in [5.74, 6) is 0.506. The lowest BCUT2D eigenvalue weighted by Crippen LogP contribution is -2.29. The number of rotatable bonds is 3. The second kappa shape index (κ2) is 5.35. The summed E-state index contributed by atoms with van der Waals surface area (Å²) in [7, 11) is 0. The van der Waals surface area contributed by atoms with Crippen LogP contribution in [0.4, 0.5) is 0 Å². The van der Waals surface area contributed by atoms with Crippen LogP contribution in [0.3, 0.4) is 0 Å². The smallest absolute Gasteiger partial charge is 0.256 e. The lowest BCUT2D eigenvalue weighted by atomic mass is 10.1. The van der Waals surface area contributed by atoms with Gasteiger partial charge in [0.1, 0.15) is 6.10 Å². The van der Waals surface area contributed by atoms with E-state index in [4.69, 9.17) is 17.0 Å². The molecule has 0 spiro atoms. The molecular weight excluding hydrogens is 158 g/mol. The Morgan fingerprint density at radius 1 is 1.45 bits per heavy atom. The Balaban J connectivity index is 3.57. The minimum atomic E-state index is 0.196. The number of ether oxygens (including phenoxy) is 1. The standard InChI is InChI=1S/C8H17NOS/c1-5-9-8(11)10-7(4)6(2)3/h6-7H,5H2,1-4H3,(H,9,11). The van der Waals surface area contributed by atoms with E-state index in [9.17, 15) is 0 Å². The third-order valence-electron chi connectivity index (χ3n) is 1.55. The van der Waals surface area contributed by atoms with Gasteiger partial charge in [-0.2, -0.15) is 0 Å². The van der Waals surface area contributed by atoms with E-state index in [0.717, 1.165) is 6.54 Å². The summed E-state index contributed by atoms with van der Waals surface area (Å²) in [5.41, 5.74) is 0. The first-order valence-corrected chi connectivity index (χ1v) is 4.43. The minimum Gasteiger partial charge on any atom is -0.468 e. The summed E-state index contributed by atoms with van der Waals surface area (Å²) in [6, 6.07) is 0. The molecule has 0 bridgehead atoms. The molecule has 0 aliphatic carbocycles. The van der Waals surface area contributed by atoms with Gasteiger partial charge in [-0.3, -0.25) is 0 Å². The van der Waals surface area contributed by atoms with Gasteiger partial charge in [0.25, 0.3) is 5.17 Å². The maximum atomic E-state index is 5.37. The molecule has 0 aromatic heterocycles. The summed E-state index contributed by atoms with van der Waals surface area (Å²) in [5, 5.41) is 3.45. The Hall–Kier alpha value is -0.310. The van der Waals surface area contributed by atoms with Gasteiger partial charge in [0.2, 0.25) is 0 Å². The Bertz CT molecular complexity index is 125. The fourth-order valence-electron chi connectivity index (χ4n) is 0.491. The van der Waals surface area contributed by atoms with Gasteiger partial charge >= 0.3 is 0 Å². The van der Waals surface area contributed by atoms with Crippen molar-refractivity contribution in [2.75, 3.05) is 6.54 Å². The first-order chi connectivity index (χ1) is 5.07. The predicted molar refractivity (Wildman–Crippen MR) is 51.7 cm³/mol. The highest BCUT2D eigenvalue weighted by Gasteiger charge is 2.08. The van der Waals surface area contributed by atoms with Crippen molar-refractivity contribution in [3.63, 3.8) is 0 Å². The molecule has 0 saturated heterocycles. The Morgan fingerprint density at radius 2 is 2.00 bits per heavy atom. The Kier molecular flexibility index (Phi) is 5.20. The van der Waals surface area contributed by atoms with Crippen molar-refractivity contribution >= 4 is 17.4 Å². The molecule has 0 fully saturated rings. The largest absolute Gasteiger partial charge is 0.468 e. The predicted octanol–water partition coefficient (Wildman–Crippen LogP) is 1.94. The molecule has 0 rings (SSSR count). The molecule has 0 radical (unpaired) electrons. The number of nitrogens with one attached hydrogen (secondary N) is 1. The highest BCUT2D eigenvalue weighted by Crippen LogP contribution is 2.04. The second-order valence-electron chi connectivity index (χ2n) is 2.88. The fraction of sp³-hybridized carbons (Fsp3) is 0.875. The summed E-state index contributed by atoms with van der Waals surface area (Å²) in [4.78, 5) is 0. The van der Waals surface area contributed by atoms with E-state index in [0.29, 0.717) is 11.1 Å². The molecule has 1 unspecified atom stereocenters. The van der Waals surface area contributed by atoms with Crippen LogP contribution in [0.2, 0.25) is 0 Å². The zero-order valence-electron chi connectivity index (χ0n) is 7.68. The van der Waals surface area contributed by atoms with Crippen LogP contribution in [0.25, 0.3) is 0 Å². The highest BCUT2D eigenvalue weighted by molar-refractivity contribution is 7.80. The first kappa shape index (κ1) is 10.7. The van der Waals surface area contributed by atoms with Crippen LogP contribution in [-0.4, -0.2) is 17.8 Å². The normalized spacial score (nSPS) is 12.8. The monoisotopic (exact) mass is 175 g/mol. The van der Waals surface area contributed by atoms with Crippen LogP contribution in [0.15, 0.2) is 0 Å². The molecule has 0 aromatic carbocycles. The van der Waals surface area contributed by atoms with E-state index in [2.05, 4.69) is 19.2 Å². The Morgan fingerprint density at radius 3 is 2.36 bits per heavy atom. The zero-order valence-corrected chi connectivity index (χ0v) is 8.49. The van der Waals surface area contributed by atoms with Crippen molar-refractivity contribution in [2.24, 2.45) is 5.92 Å². The third-order valence-corrected chi connectivity index (χ3v) is 1.79. The van der Waals surface area contributed by atoms with Crippen LogP contribution in [-0.2, 0) is 4.74 Å². The van der Waals surface area contributed by atoms with Crippen LogP contribution in [0.1, 0.15) is 27.7 Å². The van der Waals surface area contributed by atoms with Gasteiger partial charge in [-0.05, 0) is 32.0 Å². The molecule has 1 N–H and O–H groups in total. The molecule has 66 valence electrons. The van der Waals surface area contributed by atoms with Crippen LogP contribution in [0.5, 0.6) is 0 Å². The van der Waals surface area contributed by atoms with Gasteiger partial charge in [0.15, 0.2) is 0 Å². The average molecular weight is 175 g/mol. The van der Waals surface area contributed by atoms with Crippen molar-refractivity contribution in [3.05, 3.63) is 0 Å². The van der Waals surface area contributed by atoms with E-state index in [1.165, 1.54) is 0 Å². The first-order valence-electron chi connectivity index (χ1n) is 4.02. The fourth-order valence-corrected chi connectivity index (χ4v) is 0.787. The molecule has 0 saturated carbocycles. The molecule has 0 aliphatic rings. The molecule has 0 aromatic rings. The third kappa shape index (κ3) is 5.01. The van der Waals surface area contributed by atoms with Crippen LogP contribution in [0, 0.1) is 5.92 Å². The van der Waals surface area contributed by atoms with Crippen molar-refractivity contribution in [1.29, 1.82) is 0 Å². The molecular formula is C8H17NOS. The molecule has 0 heterocycles. The van der Waals surface area contributed by atoms with Gasteiger partial charge in [-0.25, -0.2) is 0 Å². The van der Waals surface area contributed by atoms with E-state index in [1.807, 2.05) is 13.8 Å². The summed E-state index contributed by atoms with van der Waals surface area (Å²) in [6.07, 6.45) is 0.196. The van der Waals surface area contributed by atoms with Crippen LogP contribution >= 0.6 is 12.2 Å². The molecule has 0 aliphatic heterocycles. The van der Waals surface area contributed by atoms with Gasteiger partial charge in [-0.15, -0.1) is 0 Å². The maximum Gasteiger partial charge on any atom is 0.256 e. The zero-order chi connectivity index (χ0) is 8.85. The summed E-state index contributed by atoms with van der Waals surface area (Å²) in [6.45, 7) is 9.06. The summed E-state index contributed by atoms with van der Waals surface area (Å²) < 4.78 is 5.37. The number of hydrogen-bond donors (Lipinski definition) is 1. The van der Waals surface area contributed by atoms with Crippen molar-refractivity contribution in [1.82, 2.24) is 5.32 Å². The highest BCUT2D eigenvalue weighted by atomic mass is 32.1. The van der Waals surface area contributed by atoms with E-state index < -0.39 is 0 Å². The quantitative estimate of drug-likeness (QED) is 0.662. The summed E-state index contributed by atoms with van der Waals surface area (Å²) >= 11 is 4.92. The average Bonchev–Trinajstić information content (AvgIpc) is 1.87. The maximum absolute atomic E-state index is 5.37. The molecule has 3 heteroatoms. The molecule has 1 atom stereocenters. The van der Waals surface area contributed by atoms with Gasteiger partial charge in [0.05, 0.1) is 0 Å². The Labute approximate surface area is 74.3 Å². The number of thiocarbonyl (C=S) groups is 1. The van der Waals surface area contributed by atoms with Gasteiger partial charge in [-0.1, -0.05) is 13.8 Å². The molecule has 11 heavy (non-hydrogen) atoms. The van der Waals surface area contributed by atoms with Crippen LogP contribution < -0.4 is 5.32 Å². The second-order valence-corrected chi connectivity index (χ2v) is 3.26. The minimum absolute atomic E-state index is 0.196. The molecule has 0 amide bonds.